The highest BCUT2D eigenvalue weighted by atomic mass is 32.2. The number of ether oxygens (including phenoxy) is 1. The highest BCUT2D eigenvalue weighted by molar-refractivity contribution is 7.99. The molecule has 0 aromatic carbocycles. The first-order chi connectivity index (χ1) is 6.33. The van der Waals surface area contributed by atoms with Crippen molar-refractivity contribution >= 4 is 17.7 Å². The summed E-state index contributed by atoms with van der Waals surface area (Å²) in [5.41, 5.74) is -0.699. The van der Waals surface area contributed by atoms with Crippen molar-refractivity contribution in [2.24, 2.45) is 0 Å². The van der Waals surface area contributed by atoms with Gasteiger partial charge in [0.25, 0.3) is 0 Å². The van der Waals surface area contributed by atoms with Crippen LogP contribution >= 0.6 is 11.8 Å². The molecule has 4 heteroatoms. The zero-order valence-electron chi connectivity index (χ0n) is 9.00. The Hall–Kier alpha value is -0.220. The average Bonchev–Trinajstić information content (AvgIpc) is 2.30. The van der Waals surface area contributed by atoms with Crippen molar-refractivity contribution < 1.29 is 14.6 Å². The van der Waals surface area contributed by atoms with Gasteiger partial charge in [-0.25, -0.2) is 0 Å². The smallest absolute Gasteiger partial charge is 0.306 e. The van der Waals surface area contributed by atoms with Crippen LogP contribution in [0.4, 0.5) is 0 Å². The molecule has 0 radical (unpaired) electrons. The Kier molecular flexibility index (Phi) is 3.48. The van der Waals surface area contributed by atoms with Crippen molar-refractivity contribution in [1.29, 1.82) is 0 Å². The molecule has 1 rings (SSSR count). The molecule has 1 aliphatic heterocycles. The predicted octanol–water partition coefficient (Wildman–Crippen LogP) is 2.15. The zero-order valence-corrected chi connectivity index (χ0v) is 9.82. The van der Waals surface area contributed by atoms with Gasteiger partial charge in [-0.2, -0.15) is 11.8 Å². The molecule has 1 fully saturated rings. The van der Waals surface area contributed by atoms with Crippen LogP contribution in [0.2, 0.25) is 0 Å². The van der Waals surface area contributed by atoms with Gasteiger partial charge < -0.3 is 9.84 Å². The summed E-state index contributed by atoms with van der Waals surface area (Å²) < 4.78 is 5.90. The lowest BCUT2D eigenvalue weighted by Crippen LogP contribution is -2.41. The monoisotopic (exact) mass is 218 g/mol. The number of aliphatic carboxylic acids is 1. The van der Waals surface area contributed by atoms with Crippen LogP contribution in [0.5, 0.6) is 0 Å². The molecule has 1 N–H and O–H groups in total. The minimum Gasteiger partial charge on any atom is -0.481 e. The van der Waals surface area contributed by atoms with E-state index in [1.54, 1.807) is 11.8 Å². The number of hydrogen-bond acceptors (Lipinski definition) is 3. The van der Waals surface area contributed by atoms with Crippen molar-refractivity contribution in [3.63, 3.8) is 0 Å². The summed E-state index contributed by atoms with van der Waals surface area (Å²) in [6, 6.07) is 0. The molecule has 14 heavy (non-hydrogen) atoms. The van der Waals surface area contributed by atoms with Crippen LogP contribution in [0.1, 0.15) is 33.6 Å². The lowest BCUT2D eigenvalue weighted by atomic mass is 9.97. The molecule has 0 aliphatic carbocycles. The van der Waals surface area contributed by atoms with E-state index in [0.717, 1.165) is 17.9 Å². The van der Waals surface area contributed by atoms with Crippen LogP contribution in [0.25, 0.3) is 0 Å². The number of carbonyl (C=O) groups is 1. The van der Waals surface area contributed by atoms with E-state index < -0.39 is 11.6 Å². The fourth-order valence-corrected chi connectivity index (χ4v) is 3.11. The second-order valence-electron chi connectivity index (χ2n) is 4.77. The number of thioether (sulfide) groups is 1. The summed E-state index contributed by atoms with van der Waals surface area (Å²) in [6.45, 7) is 5.92. The van der Waals surface area contributed by atoms with E-state index in [9.17, 15) is 4.79 Å². The molecule has 1 unspecified atom stereocenters. The maximum Gasteiger partial charge on any atom is 0.306 e. The molecular weight excluding hydrogens is 200 g/mol. The van der Waals surface area contributed by atoms with Gasteiger partial charge >= 0.3 is 5.97 Å². The Morgan fingerprint density at radius 2 is 2.21 bits per heavy atom. The Bertz CT molecular complexity index is 214. The van der Waals surface area contributed by atoms with E-state index in [1.807, 2.05) is 20.8 Å². The molecule has 1 atom stereocenters. The summed E-state index contributed by atoms with van der Waals surface area (Å²) in [7, 11) is 0. The van der Waals surface area contributed by atoms with Crippen LogP contribution in [0.15, 0.2) is 0 Å². The van der Waals surface area contributed by atoms with E-state index in [1.165, 1.54) is 0 Å². The molecule has 0 bridgehead atoms. The molecule has 0 saturated carbocycles. The summed E-state index contributed by atoms with van der Waals surface area (Å²) in [5, 5.41) is 8.85. The summed E-state index contributed by atoms with van der Waals surface area (Å²) >= 11 is 1.78. The van der Waals surface area contributed by atoms with Crippen LogP contribution < -0.4 is 0 Å². The SMILES string of the molecule is CC(C)(C)OC1(CC(=O)O)CCSC1. The topological polar surface area (TPSA) is 46.5 Å². The predicted molar refractivity (Wildman–Crippen MR) is 57.8 cm³/mol. The van der Waals surface area contributed by atoms with E-state index in [0.29, 0.717) is 0 Å². The fraction of sp³-hybridized carbons (Fsp3) is 0.900. The minimum atomic E-state index is -0.767. The van der Waals surface area contributed by atoms with Gasteiger partial charge in [0.15, 0.2) is 0 Å². The van der Waals surface area contributed by atoms with Crippen molar-refractivity contribution in [1.82, 2.24) is 0 Å². The summed E-state index contributed by atoms with van der Waals surface area (Å²) in [4.78, 5) is 10.8. The third-order valence-corrected chi connectivity index (χ3v) is 3.29. The first-order valence-corrected chi connectivity index (χ1v) is 5.98. The summed E-state index contributed by atoms with van der Waals surface area (Å²) in [5.74, 6) is 1.04. The van der Waals surface area contributed by atoms with E-state index >= 15 is 0 Å². The average molecular weight is 218 g/mol. The van der Waals surface area contributed by atoms with Gasteiger partial charge in [-0.05, 0) is 32.9 Å². The van der Waals surface area contributed by atoms with Crippen molar-refractivity contribution in [3.8, 4) is 0 Å². The standard InChI is InChI=1S/C10H18O3S/c1-9(2,3)13-10(6-8(11)12)4-5-14-7-10/h4-7H2,1-3H3,(H,11,12). The first-order valence-electron chi connectivity index (χ1n) is 4.83. The highest BCUT2D eigenvalue weighted by Crippen LogP contribution is 2.37. The Labute approximate surface area is 89.2 Å². The van der Waals surface area contributed by atoms with E-state index in [4.69, 9.17) is 9.84 Å². The Morgan fingerprint density at radius 1 is 1.57 bits per heavy atom. The van der Waals surface area contributed by atoms with Crippen molar-refractivity contribution in [2.45, 2.75) is 44.8 Å². The van der Waals surface area contributed by atoms with Crippen LogP contribution in [0, 0.1) is 0 Å². The number of rotatable bonds is 3. The van der Waals surface area contributed by atoms with Gasteiger partial charge in [0.2, 0.25) is 0 Å². The largest absolute Gasteiger partial charge is 0.481 e. The maximum atomic E-state index is 10.8. The van der Waals surface area contributed by atoms with Gasteiger partial charge in [-0.15, -0.1) is 0 Å². The molecule has 0 amide bonds. The molecule has 0 aromatic heterocycles. The first kappa shape index (κ1) is 11.9. The number of carboxylic acids is 1. The summed E-state index contributed by atoms with van der Waals surface area (Å²) in [6.07, 6.45) is 0.971. The van der Waals surface area contributed by atoms with Gasteiger partial charge in [0.05, 0.1) is 17.6 Å². The molecule has 0 spiro atoms. The molecule has 0 aromatic rings. The molecule has 1 saturated heterocycles. The molecule has 82 valence electrons. The van der Waals surface area contributed by atoms with Crippen molar-refractivity contribution in [2.75, 3.05) is 11.5 Å². The van der Waals surface area contributed by atoms with Crippen LogP contribution in [0.3, 0.4) is 0 Å². The lowest BCUT2D eigenvalue weighted by molar-refractivity contribution is -0.155. The van der Waals surface area contributed by atoms with E-state index in [-0.39, 0.29) is 12.0 Å². The second-order valence-corrected chi connectivity index (χ2v) is 5.88. The molecule has 1 aliphatic rings. The van der Waals surface area contributed by atoms with Gasteiger partial charge in [0.1, 0.15) is 0 Å². The zero-order chi connectivity index (χ0) is 10.8. The normalized spacial score (nSPS) is 27.9. The minimum absolute atomic E-state index is 0.122. The molecule has 3 nitrogen and oxygen atoms in total. The Morgan fingerprint density at radius 3 is 2.57 bits per heavy atom. The van der Waals surface area contributed by atoms with Crippen LogP contribution in [-0.2, 0) is 9.53 Å². The highest BCUT2D eigenvalue weighted by Gasteiger charge is 2.40. The molecule has 1 heterocycles. The van der Waals surface area contributed by atoms with Crippen LogP contribution in [-0.4, -0.2) is 33.8 Å². The number of carboxylic acid groups (broad SMARTS) is 1. The fourth-order valence-electron chi connectivity index (χ4n) is 1.77. The maximum absolute atomic E-state index is 10.8. The molecular formula is C10H18O3S. The van der Waals surface area contributed by atoms with Gasteiger partial charge in [0, 0.05) is 5.75 Å². The van der Waals surface area contributed by atoms with Crippen molar-refractivity contribution in [3.05, 3.63) is 0 Å². The number of hydrogen-bond donors (Lipinski definition) is 1. The van der Waals surface area contributed by atoms with Gasteiger partial charge in [-0.1, -0.05) is 0 Å². The second kappa shape index (κ2) is 4.11. The third-order valence-electron chi connectivity index (χ3n) is 2.06. The third kappa shape index (κ3) is 3.50. The lowest BCUT2D eigenvalue weighted by Gasteiger charge is -2.34. The van der Waals surface area contributed by atoms with Gasteiger partial charge in [-0.3, -0.25) is 4.79 Å². The quantitative estimate of drug-likeness (QED) is 0.788. The van der Waals surface area contributed by atoms with E-state index in [2.05, 4.69) is 0 Å². The Balaban J connectivity index is 2.67.